The van der Waals surface area contributed by atoms with Crippen LogP contribution >= 0.6 is 0 Å². The Kier molecular flexibility index (Phi) is 4.29. The smallest absolute Gasteiger partial charge is 0.166 e. The third kappa shape index (κ3) is 3.14. The molecule has 92 valence electrons. The van der Waals surface area contributed by atoms with Gasteiger partial charge < -0.3 is 10.1 Å². The van der Waals surface area contributed by atoms with E-state index in [1.54, 1.807) is 0 Å². The van der Waals surface area contributed by atoms with Crippen molar-refractivity contribution in [1.29, 1.82) is 0 Å². The quantitative estimate of drug-likeness (QED) is 0.808. The van der Waals surface area contributed by atoms with Gasteiger partial charge in [-0.1, -0.05) is 18.2 Å². The van der Waals surface area contributed by atoms with E-state index in [0.717, 1.165) is 30.5 Å². The zero-order valence-electron chi connectivity index (χ0n) is 10.2. The predicted molar refractivity (Wildman–Crippen MR) is 67.1 cm³/mol. The Bertz CT molecular complexity index is 384. The van der Waals surface area contributed by atoms with E-state index in [1.807, 2.05) is 31.3 Å². The summed E-state index contributed by atoms with van der Waals surface area (Å²) < 4.78 is 5.29. The number of hydrogen-bond donors (Lipinski definition) is 1. The molecule has 0 spiro atoms. The first-order valence-electron chi connectivity index (χ1n) is 6.17. The van der Waals surface area contributed by atoms with Crippen LogP contribution in [0.2, 0.25) is 0 Å². The third-order valence-electron chi connectivity index (χ3n) is 3.18. The lowest BCUT2D eigenvalue weighted by Gasteiger charge is -2.21. The Morgan fingerprint density at radius 2 is 2.18 bits per heavy atom. The lowest BCUT2D eigenvalue weighted by Crippen LogP contribution is -2.23. The molecular formula is C14H19NO2. The highest BCUT2D eigenvalue weighted by Gasteiger charge is 2.22. The standard InChI is InChI=1S/C14H19NO2/c1-15-10-11-3-2-4-13(9-11)14(16)12-5-7-17-8-6-12/h2-4,9,12,15H,5-8,10H2,1H3. The molecule has 0 amide bonds. The normalized spacial score (nSPS) is 17.0. The van der Waals surface area contributed by atoms with Gasteiger partial charge in [0.1, 0.15) is 0 Å². The highest BCUT2D eigenvalue weighted by molar-refractivity contribution is 5.98. The van der Waals surface area contributed by atoms with E-state index < -0.39 is 0 Å². The van der Waals surface area contributed by atoms with E-state index in [4.69, 9.17) is 4.74 Å². The molecule has 1 aliphatic rings. The molecule has 1 saturated heterocycles. The highest BCUT2D eigenvalue weighted by atomic mass is 16.5. The molecule has 1 N–H and O–H groups in total. The Hall–Kier alpha value is -1.19. The van der Waals surface area contributed by atoms with E-state index in [2.05, 4.69) is 5.32 Å². The summed E-state index contributed by atoms with van der Waals surface area (Å²) in [5, 5.41) is 3.10. The number of carbonyl (C=O) groups excluding carboxylic acids is 1. The lowest BCUT2D eigenvalue weighted by molar-refractivity contribution is 0.0545. The first kappa shape index (κ1) is 12.3. The van der Waals surface area contributed by atoms with Gasteiger partial charge >= 0.3 is 0 Å². The lowest BCUT2D eigenvalue weighted by atomic mass is 9.90. The molecule has 2 rings (SSSR count). The summed E-state index contributed by atoms with van der Waals surface area (Å²) in [6.07, 6.45) is 1.71. The van der Waals surface area contributed by atoms with Crippen molar-refractivity contribution in [1.82, 2.24) is 5.32 Å². The number of benzene rings is 1. The Morgan fingerprint density at radius 1 is 1.41 bits per heavy atom. The summed E-state index contributed by atoms with van der Waals surface area (Å²) in [4.78, 5) is 12.3. The Labute approximate surface area is 102 Å². The van der Waals surface area contributed by atoms with Crippen molar-refractivity contribution in [3.8, 4) is 0 Å². The van der Waals surface area contributed by atoms with Crippen molar-refractivity contribution in [2.75, 3.05) is 20.3 Å². The SMILES string of the molecule is CNCc1cccc(C(=O)C2CCOCC2)c1. The second-order valence-electron chi connectivity index (χ2n) is 4.48. The first-order chi connectivity index (χ1) is 8.31. The van der Waals surface area contributed by atoms with Crippen LogP contribution < -0.4 is 5.32 Å². The molecule has 1 aromatic rings. The van der Waals surface area contributed by atoms with Crippen LogP contribution in [-0.4, -0.2) is 26.0 Å². The minimum absolute atomic E-state index is 0.147. The molecule has 17 heavy (non-hydrogen) atoms. The van der Waals surface area contributed by atoms with Crippen LogP contribution in [0.3, 0.4) is 0 Å². The number of carbonyl (C=O) groups is 1. The number of ketones is 1. The van der Waals surface area contributed by atoms with E-state index in [9.17, 15) is 4.79 Å². The summed E-state index contributed by atoms with van der Waals surface area (Å²) in [5.41, 5.74) is 2.00. The van der Waals surface area contributed by atoms with Crippen molar-refractivity contribution in [2.45, 2.75) is 19.4 Å². The summed E-state index contributed by atoms with van der Waals surface area (Å²) in [6, 6.07) is 7.90. The van der Waals surface area contributed by atoms with Crippen LogP contribution in [0.5, 0.6) is 0 Å². The van der Waals surface area contributed by atoms with Gasteiger partial charge in [0.05, 0.1) is 0 Å². The van der Waals surface area contributed by atoms with Gasteiger partial charge in [0.15, 0.2) is 5.78 Å². The van der Waals surface area contributed by atoms with Gasteiger partial charge in [-0.2, -0.15) is 0 Å². The Morgan fingerprint density at radius 3 is 2.88 bits per heavy atom. The molecule has 3 heteroatoms. The van der Waals surface area contributed by atoms with Crippen LogP contribution in [0.4, 0.5) is 0 Å². The summed E-state index contributed by atoms with van der Waals surface area (Å²) in [5.74, 6) is 0.417. The highest BCUT2D eigenvalue weighted by Crippen LogP contribution is 2.20. The largest absolute Gasteiger partial charge is 0.381 e. The van der Waals surface area contributed by atoms with Gasteiger partial charge in [0.25, 0.3) is 0 Å². The fraction of sp³-hybridized carbons (Fsp3) is 0.500. The van der Waals surface area contributed by atoms with Crippen LogP contribution in [0.25, 0.3) is 0 Å². The van der Waals surface area contributed by atoms with Gasteiger partial charge in [-0.15, -0.1) is 0 Å². The van der Waals surface area contributed by atoms with Gasteiger partial charge in [0, 0.05) is 31.2 Å². The van der Waals surface area contributed by atoms with Gasteiger partial charge in [-0.25, -0.2) is 0 Å². The maximum absolute atomic E-state index is 12.3. The summed E-state index contributed by atoms with van der Waals surface area (Å²) >= 11 is 0. The molecule has 0 bridgehead atoms. The average Bonchev–Trinajstić information content (AvgIpc) is 2.40. The molecular weight excluding hydrogens is 214 g/mol. The first-order valence-corrected chi connectivity index (χ1v) is 6.17. The maximum Gasteiger partial charge on any atom is 0.166 e. The molecule has 0 atom stereocenters. The van der Waals surface area contributed by atoms with Crippen molar-refractivity contribution in [3.05, 3.63) is 35.4 Å². The number of hydrogen-bond acceptors (Lipinski definition) is 3. The third-order valence-corrected chi connectivity index (χ3v) is 3.18. The summed E-state index contributed by atoms with van der Waals surface area (Å²) in [6.45, 7) is 2.23. The van der Waals surface area contributed by atoms with Crippen molar-refractivity contribution < 1.29 is 9.53 Å². The van der Waals surface area contributed by atoms with Crippen molar-refractivity contribution in [2.24, 2.45) is 5.92 Å². The second-order valence-corrected chi connectivity index (χ2v) is 4.48. The molecule has 3 nitrogen and oxygen atoms in total. The molecule has 1 aromatic carbocycles. The zero-order chi connectivity index (χ0) is 12.1. The minimum atomic E-state index is 0.147. The van der Waals surface area contributed by atoms with Crippen LogP contribution in [0.1, 0.15) is 28.8 Å². The number of nitrogens with one attached hydrogen (secondary N) is 1. The van der Waals surface area contributed by atoms with Gasteiger partial charge in [-0.3, -0.25) is 4.79 Å². The molecule has 1 heterocycles. The van der Waals surface area contributed by atoms with E-state index in [0.29, 0.717) is 13.2 Å². The van der Waals surface area contributed by atoms with E-state index in [1.165, 1.54) is 0 Å². The minimum Gasteiger partial charge on any atom is -0.381 e. The molecule has 0 aromatic heterocycles. The molecule has 1 fully saturated rings. The maximum atomic E-state index is 12.3. The molecule has 0 saturated carbocycles. The molecule has 0 radical (unpaired) electrons. The van der Waals surface area contributed by atoms with Crippen molar-refractivity contribution in [3.63, 3.8) is 0 Å². The Balaban J connectivity index is 2.09. The average molecular weight is 233 g/mol. The van der Waals surface area contributed by atoms with E-state index >= 15 is 0 Å². The molecule has 0 aliphatic carbocycles. The monoisotopic (exact) mass is 233 g/mol. The fourth-order valence-electron chi connectivity index (χ4n) is 2.23. The van der Waals surface area contributed by atoms with Gasteiger partial charge in [0.2, 0.25) is 0 Å². The summed E-state index contributed by atoms with van der Waals surface area (Å²) in [7, 11) is 1.91. The van der Waals surface area contributed by atoms with Crippen LogP contribution in [-0.2, 0) is 11.3 Å². The second kappa shape index (κ2) is 5.94. The number of Topliss-reactive ketones (excluding diaryl/α,β-unsaturated/α-hetero) is 1. The molecule has 0 unspecified atom stereocenters. The number of ether oxygens (including phenoxy) is 1. The van der Waals surface area contributed by atoms with Gasteiger partial charge in [-0.05, 0) is 31.5 Å². The molecule has 1 aliphatic heterocycles. The fourth-order valence-corrected chi connectivity index (χ4v) is 2.23. The van der Waals surface area contributed by atoms with Crippen LogP contribution in [0, 0.1) is 5.92 Å². The number of rotatable bonds is 4. The van der Waals surface area contributed by atoms with Crippen LogP contribution in [0.15, 0.2) is 24.3 Å². The topological polar surface area (TPSA) is 38.3 Å². The van der Waals surface area contributed by atoms with E-state index in [-0.39, 0.29) is 11.7 Å². The zero-order valence-corrected chi connectivity index (χ0v) is 10.2. The van der Waals surface area contributed by atoms with Crippen molar-refractivity contribution >= 4 is 5.78 Å². The predicted octanol–water partition coefficient (Wildman–Crippen LogP) is 2.02.